The van der Waals surface area contributed by atoms with Gasteiger partial charge in [0, 0.05) is 37.9 Å². The molecule has 3 aliphatic rings. The molecular formula is C14H21N2. The number of rotatable bonds is 2. The van der Waals surface area contributed by atoms with Gasteiger partial charge in [-0.1, -0.05) is 12.2 Å². The van der Waals surface area contributed by atoms with Gasteiger partial charge in [-0.05, 0) is 38.2 Å². The lowest BCUT2D eigenvalue weighted by Gasteiger charge is -2.38. The van der Waals surface area contributed by atoms with Gasteiger partial charge in [0.25, 0.3) is 0 Å². The van der Waals surface area contributed by atoms with Crippen molar-refractivity contribution in [2.24, 2.45) is 0 Å². The Labute approximate surface area is 98.6 Å². The number of hydrogen-bond donors (Lipinski definition) is 0. The molecule has 0 amide bonds. The molecule has 1 saturated carbocycles. The topological polar surface area (TPSA) is 6.48 Å². The van der Waals surface area contributed by atoms with Crippen LogP contribution in [0.2, 0.25) is 0 Å². The van der Waals surface area contributed by atoms with Crippen molar-refractivity contribution in [2.45, 2.75) is 32.2 Å². The van der Waals surface area contributed by atoms with Crippen LogP contribution in [0.4, 0.5) is 0 Å². The van der Waals surface area contributed by atoms with E-state index in [1.807, 2.05) is 0 Å². The van der Waals surface area contributed by atoms with Crippen molar-refractivity contribution >= 4 is 0 Å². The van der Waals surface area contributed by atoms with Gasteiger partial charge in [-0.3, -0.25) is 4.90 Å². The van der Waals surface area contributed by atoms with E-state index < -0.39 is 0 Å². The van der Waals surface area contributed by atoms with Crippen molar-refractivity contribution in [3.63, 3.8) is 0 Å². The molecule has 2 heteroatoms. The Kier molecular flexibility index (Phi) is 2.76. The van der Waals surface area contributed by atoms with Crippen molar-refractivity contribution in [2.75, 3.05) is 26.2 Å². The van der Waals surface area contributed by atoms with E-state index in [0.29, 0.717) is 0 Å². The van der Waals surface area contributed by atoms with Crippen LogP contribution in [0, 0.1) is 6.42 Å². The molecule has 1 radical (unpaired) electrons. The summed E-state index contributed by atoms with van der Waals surface area (Å²) in [6.45, 7) is 7.19. The van der Waals surface area contributed by atoms with Crippen LogP contribution >= 0.6 is 0 Å². The van der Waals surface area contributed by atoms with Crippen molar-refractivity contribution in [3.05, 3.63) is 29.8 Å². The highest BCUT2D eigenvalue weighted by molar-refractivity contribution is 5.34. The van der Waals surface area contributed by atoms with Gasteiger partial charge in [0.2, 0.25) is 0 Å². The average Bonchev–Trinajstić information content (AvgIpc) is 3.14. The van der Waals surface area contributed by atoms with E-state index >= 15 is 0 Å². The van der Waals surface area contributed by atoms with E-state index in [9.17, 15) is 0 Å². The Hall–Kier alpha value is -0.760. The maximum Gasteiger partial charge on any atom is 0.0353 e. The summed E-state index contributed by atoms with van der Waals surface area (Å²) in [6, 6.07) is 0.937. The third kappa shape index (κ3) is 2.03. The lowest BCUT2D eigenvalue weighted by molar-refractivity contribution is 0.153. The summed E-state index contributed by atoms with van der Waals surface area (Å²) in [5.74, 6) is 0. The first kappa shape index (κ1) is 10.4. The molecule has 1 aliphatic heterocycles. The van der Waals surface area contributed by atoms with Gasteiger partial charge in [0.15, 0.2) is 0 Å². The standard InChI is InChI=1S/C14H21N2/c1-12-4-2-3-5-14(12)16-10-8-15(9-11-16)13-6-7-13/h2,4-5,13H,3,6-11H2,1H3. The van der Waals surface area contributed by atoms with Gasteiger partial charge >= 0.3 is 0 Å². The second-order valence-corrected chi connectivity index (χ2v) is 5.16. The fourth-order valence-corrected chi connectivity index (χ4v) is 2.82. The fraction of sp³-hybridized carbons (Fsp3) is 0.643. The molecule has 2 fully saturated rings. The number of piperazine rings is 1. The Bertz CT molecular complexity index is 318. The summed E-state index contributed by atoms with van der Waals surface area (Å²) in [7, 11) is 0. The first-order chi connectivity index (χ1) is 7.84. The molecule has 2 nitrogen and oxygen atoms in total. The Balaban J connectivity index is 1.60. The van der Waals surface area contributed by atoms with Crippen LogP contribution in [0.3, 0.4) is 0 Å². The summed E-state index contributed by atoms with van der Waals surface area (Å²) in [5.41, 5.74) is 2.92. The minimum Gasteiger partial charge on any atom is -0.369 e. The van der Waals surface area contributed by atoms with Crippen LogP contribution in [0.1, 0.15) is 26.2 Å². The molecule has 2 aliphatic carbocycles. The molecule has 1 heterocycles. The normalized spacial score (nSPS) is 27.7. The SMILES string of the molecule is CC1=C[CH]CC=C1N1CCN(C2CC2)CC1. The molecule has 0 aromatic rings. The van der Waals surface area contributed by atoms with Gasteiger partial charge in [-0.2, -0.15) is 0 Å². The zero-order valence-corrected chi connectivity index (χ0v) is 10.2. The Morgan fingerprint density at radius 2 is 1.88 bits per heavy atom. The maximum absolute atomic E-state index is 2.67. The highest BCUT2D eigenvalue weighted by atomic mass is 15.3. The highest BCUT2D eigenvalue weighted by Gasteiger charge is 2.31. The number of hydrogen-bond acceptors (Lipinski definition) is 2. The minimum absolute atomic E-state index is 0.937. The summed E-state index contributed by atoms with van der Waals surface area (Å²) < 4.78 is 0. The quantitative estimate of drug-likeness (QED) is 0.699. The number of nitrogens with zero attached hydrogens (tertiary/aromatic N) is 2. The van der Waals surface area contributed by atoms with Gasteiger partial charge in [-0.15, -0.1) is 0 Å². The predicted octanol–water partition coefficient (Wildman–Crippen LogP) is 2.20. The van der Waals surface area contributed by atoms with Crippen LogP contribution in [0.25, 0.3) is 0 Å². The molecule has 0 spiro atoms. The molecule has 0 atom stereocenters. The number of allylic oxidation sites excluding steroid dienone is 3. The van der Waals surface area contributed by atoms with Crippen LogP contribution < -0.4 is 0 Å². The monoisotopic (exact) mass is 217 g/mol. The molecule has 87 valence electrons. The zero-order chi connectivity index (χ0) is 11.0. The lowest BCUT2D eigenvalue weighted by Crippen LogP contribution is -2.46. The van der Waals surface area contributed by atoms with Gasteiger partial charge in [-0.25, -0.2) is 0 Å². The van der Waals surface area contributed by atoms with Crippen molar-refractivity contribution in [3.8, 4) is 0 Å². The molecule has 0 aromatic carbocycles. The van der Waals surface area contributed by atoms with Crippen molar-refractivity contribution < 1.29 is 0 Å². The summed E-state index contributed by atoms with van der Waals surface area (Å²) in [4.78, 5) is 5.24. The Morgan fingerprint density at radius 1 is 1.12 bits per heavy atom. The van der Waals surface area contributed by atoms with Gasteiger partial charge in [0.1, 0.15) is 0 Å². The molecule has 0 unspecified atom stereocenters. The third-order valence-electron chi connectivity index (χ3n) is 3.94. The molecule has 3 rings (SSSR count). The Morgan fingerprint density at radius 3 is 2.50 bits per heavy atom. The average molecular weight is 217 g/mol. The van der Waals surface area contributed by atoms with Crippen LogP contribution in [-0.2, 0) is 0 Å². The zero-order valence-electron chi connectivity index (χ0n) is 10.2. The predicted molar refractivity (Wildman–Crippen MR) is 66.9 cm³/mol. The van der Waals surface area contributed by atoms with E-state index in [1.165, 1.54) is 50.3 Å². The minimum atomic E-state index is 0.937. The van der Waals surface area contributed by atoms with Crippen LogP contribution in [0.15, 0.2) is 23.4 Å². The van der Waals surface area contributed by atoms with Gasteiger partial charge < -0.3 is 4.90 Å². The molecular weight excluding hydrogens is 196 g/mol. The maximum atomic E-state index is 2.67. The van der Waals surface area contributed by atoms with Crippen molar-refractivity contribution in [1.29, 1.82) is 0 Å². The lowest BCUT2D eigenvalue weighted by atomic mass is 10.0. The first-order valence-electron chi connectivity index (χ1n) is 6.54. The van der Waals surface area contributed by atoms with Crippen LogP contribution in [0.5, 0.6) is 0 Å². The van der Waals surface area contributed by atoms with E-state index in [4.69, 9.17) is 0 Å². The van der Waals surface area contributed by atoms with E-state index in [-0.39, 0.29) is 0 Å². The fourth-order valence-electron chi connectivity index (χ4n) is 2.82. The second kappa shape index (κ2) is 4.25. The summed E-state index contributed by atoms with van der Waals surface area (Å²) in [5, 5.41) is 0. The van der Waals surface area contributed by atoms with E-state index in [0.717, 1.165) is 12.5 Å². The molecule has 16 heavy (non-hydrogen) atoms. The molecule has 0 N–H and O–H groups in total. The highest BCUT2D eigenvalue weighted by Crippen LogP contribution is 2.29. The van der Waals surface area contributed by atoms with Crippen LogP contribution in [-0.4, -0.2) is 42.0 Å². The van der Waals surface area contributed by atoms with E-state index in [1.54, 1.807) is 0 Å². The molecule has 0 bridgehead atoms. The third-order valence-corrected chi connectivity index (χ3v) is 3.94. The second-order valence-electron chi connectivity index (χ2n) is 5.16. The first-order valence-corrected chi connectivity index (χ1v) is 6.54. The largest absolute Gasteiger partial charge is 0.369 e. The summed E-state index contributed by atoms with van der Waals surface area (Å²) >= 11 is 0. The molecule has 0 aromatic heterocycles. The molecule has 1 saturated heterocycles. The smallest absolute Gasteiger partial charge is 0.0353 e. The van der Waals surface area contributed by atoms with Gasteiger partial charge in [0.05, 0.1) is 0 Å². The van der Waals surface area contributed by atoms with E-state index in [2.05, 4.69) is 35.3 Å². The van der Waals surface area contributed by atoms with Crippen molar-refractivity contribution in [1.82, 2.24) is 9.80 Å². The summed E-state index contributed by atoms with van der Waals surface area (Å²) in [6.07, 6.45) is 10.9.